The second-order valence-corrected chi connectivity index (χ2v) is 5.21. The highest BCUT2D eigenvalue weighted by Gasteiger charge is 2.23. The molecular formula is C14H20ClFN2. The third-order valence-electron chi connectivity index (χ3n) is 3.71. The zero-order chi connectivity index (χ0) is 13.1. The van der Waals surface area contributed by atoms with Crippen molar-refractivity contribution >= 4 is 17.3 Å². The van der Waals surface area contributed by atoms with Gasteiger partial charge in [-0.3, -0.25) is 4.90 Å². The van der Waals surface area contributed by atoms with Crippen LogP contribution in [0.15, 0.2) is 18.2 Å². The van der Waals surface area contributed by atoms with Gasteiger partial charge >= 0.3 is 0 Å². The molecule has 4 heteroatoms. The van der Waals surface area contributed by atoms with Crippen LogP contribution in [0.1, 0.15) is 18.9 Å². The van der Waals surface area contributed by atoms with Crippen LogP contribution in [0.25, 0.3) is 0 Å². The number of nitrogens with zero attached hydrogens (tertiary/aromatic N) is 2. The molecule has 1 aromatic carbocycles. The minimum atomic E-state index is -0.199. The second kappa shape index (κ2) is 5.89. The fourth-order valence-corrected chi connectivity index (χ4v) is 2.67. The molecule has 2 nitrogen and oxygen atoms in total. The summed E-state index contributed by atoms with van der Waals surface area (Å²) in [6.07, 6.45) is 1.12. The molecule has 1 fully saturated rings. The minimum Gasteiger partial charge on any atom is -0.369 e. The highest BCUT2D eigenvalue weighted by atomic mass is 35.5. The summed E-state index contributed by atoms with van der Waals surface area (Å²) in [4.78, 5) is 4.63. The third-order valence-corrected chi connectivity index (χ3v) is 4.02. The molecular weight excluding hydrogens is 251 g/mol. The molecule has 0 bridgehead atoms. The molecule has 2 rings (SSSR count). The number of halogens is 2. The normalized spacial score (nSPS) is 21.3. The maximum Gasteiger partial charge on any atom is 0.125 e. The Kier molecular flexibility index (Phi) is 4.46. The predicted octanol–water partition coefficient (Wildman–Crippen LogP) is 3.09. The van der Waals surface area contributed by atoms with E-state index in [4.69, 9.17) is 11.6 Å². The highest BCUT2D eigenvalue weighted by molar-refractivity contribution is 6.17. The van der Waals surface area contributed by atoms with Gasteiger partial charge in [0.25, 0.3) is 0 Å². The predicted molar refractivity (Wildman–Crippen MR) is 74.9 cm³/mol. The Hall–Kier alpha value is -0.800. The van der Waals surface area contributed by atoms with Gasteiger partial charge in [0.05, 0.1) is 0 Å². The molecule has 0 amide bonds. The van der Waals surface area contributed by atoms with Crippen LogP contribution in [-0.2, 0) is 5.88 Å². The zero-order valence-electron chi connectivity index (χ0n) is 11.0. The Balaban J connectivity index is 2.18. The fourth-order valence-electron chi connectivity index (χ4n) is 2.51. The molecule has 0 saturated carbocycles. The van der Waals surface area contributed by atoms with Crippen molar-refractivity contribution in [3.63, 3.8) is 0 Å². The van der Waals surface area contributed by atoms with Crippen molar-refractivity contribution in [3.8, 4) is 0 Å². The van der Waals surface area contributed by atoms with Crippen molar-refractivity contribution in [1.29, 1.82) is 0 Å². The Labute approximate surface area is 113 Å². The first kappa shape index (κ1) is 13.6. The average Bonchev–Trinajstić information content (AvgIpc) is 2.38. The highest BCUT2D eigenvalue weighted by Crippen LogP contribution is 2.23. The average molecular weight is 271 g/mol. The van der Waals surface area contributed by atoms with E-state index >= 15 is 0 Å². The van der Waals surface area contributed by atoms with Gasteiger partial charge in [0.1, 0.15) is 5.82 Å². The van der Waals surface area contributed by atoms with E-state index in [1.54, 1.807) is 6.07 Å². The summed E-state index contributed by atoms with van der Waals surface area (Å²) >= 11 is 5.80. The van der Waals surface area contributed by atoms with Crippen molar-refractivity contribution < 1.29 is 4.39 Å². The van der Waals surface area contributed by atoms with Gasteiger partial charge in [-0.25, -0.2) is 4.39 Å². The summed E-state index contributed by atoms with van der Waals surface area (Å²) in [7, 11) is 2.15. The summed E-state index contributed by atoms with van der Waals surface area (Å²) in [6.45, 7) is 5.11. The van der Waals surface area contributed by atoms with Crippen LogP contribution in [0.5, 0.6) is 0 Å². The first-order valence-electron chi connectivity index (χ1n) is 6.44. The number of likely N-dealkylation sites (N-methyl/N-ethyl adjacent to an activating group) is 1. The lowest BCUT2D eigenvalue weighted by atomic mass is 10.1. The number of hydrogen-bond acceptors (Lipinski definition) is 2. The SMILES string of the molecule is CCC1CN(c2cc(F)cc(CCl)c2)CCN1C. The molecule has 1 aliphatic rings. The number of anilines is 1. The summed E-state index contributed by atoms with van der Waals surface area (Å²) in [6, 6.07) is 5.65. The van der Waals surface area contributed by atoms with Crippen molar-refractivity contribution in [3.05, 3.63) is 29.6 Å². The number of alkyl halides is 1. The lowest BCUT2D eigenvalue weighted by Crippen LogP contribution is -2.51. The molecule has 1 aromatic rings. The maximum absolute atomic E-state index is 13.5. The fraction of sp³-hybridized carbons (Fsp3) is 0.571. The van der Waals surface area contributed by atoms with Crippen LogP contribution < -0.4 is 4.90 Å². The van der Waals surface area contributed by atoms with Crippen LogP contribution in [0.3, 0.4) is 0 Å². The zero-order valence-corrected chi connectivity index (χ0v) is 11.8. The van der Waals surface area contributed by atoms with Gasteiger partial charge in [-0.2, -0.15) is 0 Å². The van der Waals surface area contributed by atoms with Gasteiger partial charge in [-0.05, 0) is 37.2 Å². The molecule has 0 aromatic heterocycles. The number of hydrogen-bond donors (Lipinski definition) is 0. The lowest BCUT2D eigenvalue weighted by molar-refractivity contribution is 0.213. The Morgan fingerprint density at radius 2 is 2.11 bits per heavy atom. The first-order valence-corrected chi connectivity index (χ1v) is 6.98. The Morgan fingerprint density at radius 1 is 1.33 bits per heavy atom. The van der Waals surface area contributed by atoms with Gasteiger partial charge in [0.2, 0.25) is 0 Å². The molecule has 1 heterocycles. The summed E-state index contributed by atoms with van der Waals surface area (Å²) in [5, 5.41) is 0. The van der Waals surface area contributed by atoms with Gasteiger partial charge < -0.3 is 4.90 Å². The summed E-state index contributed by atoms with van der Waals surface area (Å²) < 4.78 is 13.5. The van der Waals surface area contributed by atoms with E-state index in [0.717, 1.165) is 37.3 Å². The molecule has 0 spiro atoms. The van der Waals surface area contributed by atoms with Crippen molar-refractivity contribution in [1.82, 2.24) is 4.90 Å². The molecule has 18 heavy (non-hydrogen) atoms. The van der Waals surface area contributed by atoms with E-state index in [1.807, 2.05) is 6.07 Å². The number of rotatable bonds is 3. The third kappa shape index (κ3) is 2.96. The number of benzene rings is 1. The van der Waals surface area contributed by atoms with Gasteiger partial charge in [-0.1, -0.05) is 6.92 Å². The molecule has 0 radical (unpaired) electrons. The molecule has 1 aliphatic heterocycles. The van der Waals surface area contributed by atoms with E-state index < -0.39 is 0 Å². The molecule has 1 atom stereocenters. The molecule has 0 aliphatic carbocycles. The minimum absolute atomic E-state index is 0.199. The van der Waals surface area contributed by atoms with Crippen LogP contribution in [0, 0.1) is 5.82 Å². The monoisotopic (exact) mass is 270 g/mol. The molecule has 1 saturated heterocycles. The second-order valence-electron chi connectivity index (χ2n) is 4.94. The number of piperazine rings is 1. The van der Waals surface area contributed by atoms with E-state index in [-0.39, 0.29) is 5.82 Å². The Bertz CT molecular complexity index is 411. The van der Waals surface area contributed by atoms with Crippen molar-refractivity contribution in [2.75, 3.05) is 31.6 Å². The summed E-state index contributed by atoms with van der Waals surface area (Å²) in [5.41, 5.74) is 1.80. The van der Waals surface area contributed by atoms with Crippen LogP contribution in [0.2, 0.25) is 0 Å². The van der Waals surface area contributed by atoms with Crippen LogP contribution >= 0.6 is 11.6 Å². The largest absolute Gasteiger partial charge is 0.369 e. The first-order chi connectivity index (χ1) is 8.63. The van der Waals surface area contributed by atoms with Gasteiger partial charge in [0.15, 0.2) is 0 Å². The lowest BCUT2D eigenvalue weighted by Gasteiger charge is -2.40. The van der Waals surface area contributed by atoms with E-state index in [1.165, 1.54) is 6.07 Å². The Morgan fingerprint density at radius 3 is 2.78 bits per heavy atom. The molecule has 100 valence electrons. The van der Waals surface area contributed by atoms with Crippen LogP contribution in [0.4, 0.5) is 10.1 Å². The van der Waals surface area contributed by atoms with E-state index in [9.17, 15) is 4.39 Å². The maximum atomic E-state index is 13.5. The standard InChI is InChI=1S/C14H20ClFN2/c1-3-13-10-18(5-4-17(13)2)14-7-11(9-15)6-12(16)8-14/h6-8,13H,3-5,9-10H2,1-2H3. The van der Waals surface area contributed by atoms with Crippen molar-refractivity contribution in [2.45, 2.75) is 25.3 Å². The molecule has 0 N–H and O–H groups in total. The van der Waals surface area contributed by atoms with E-state index in [2.05, 4.69) is 23.8 Å². The van der Waals surface area contributed by atoms with E-state index in [0.29, 0.717) is 11.9 Å². The van der Waals surface area contributed by atoms with Gasteiger partial charge in [-0.15, -0.1) is 11.6 Å². The van der Waals surface area contributed by atoms with Crippen molar-refractivity contribution in [2.24, 2.45) is 0 Å². The topological polar surface area (TPSA) is 6.48 Å². The molecule has 1 unspecified atom stereocenters. The smallest absolute Gasteiger partial charge is 0.125 e. The van der Waals surface area contributed by atoms with Crippen LogP contribution in [-0.4, -0.2) is 37.6 Å². The quantitative estimate of drug-likeness (QED) is 0.779. The van der Waals surface area contributed by atoms with Gasteiger partial charge in [0, 0.05) is 37.2 Å². The summed E-state index contributed by atoms with van der Waals surface area (Å²) in [5.74, 6) is 0.158.